The van der Waals surface area contributed by atoms with Crippen molar-refractivity contribution in [2.24, 2.45) is 0 Å². The van der Waals surface area contributed by atoms with Crippen LogP contribution in [-0.2, 0) is 9.53 Å². The topological polar surface area (TPSA) is 88.5 Å². The average Bonchev–Trinajstić information content (AvgIpc) is 2.30. The van der Waals surface area contributed by atoms with E-state index >= 15 is 0 Å². The van der Waals surface area contributed by atoms with E-state index in [2.05, 4.69) is 31.0 Å². The molecule has 1 aromatic heterocycles. The Morgan fingerprint density at radius 2 is 2.29 bits per heavy atom. The van der Waals surface area contributed by atoms with Gasteiger partial charge in [0.2, 0.25) is 0 Å². The van der Waals surface area contributed by atoms with Crippen molar-refractivity contribution in [3.05, 3.63) is 28.5 Å². The third kappa shape index (κ3) is 4.12. The van der Waals surface area contributed by atoms with Crippen LogP contribution in [0.4, 0.5) is 0 Å². The van der Waals surface area contributed by atoms with Crippen LogP contribution in [0.1, 0.15) is 10.4 Å². The Labute approximate surface area is 106 Å². The summed E-state index contributed by atoms with van der Waals surface area (Å²) in [5, 5.41) is 11.1. The molecule has 1 rings (SSSR count). The van der Waals surface area contributed by atoms with E-state index in [0.29, 0.717) is 10.2 Å². The minimum absolute atomic E-state index is 0.0965. The van der Waals surface area contributed by atoms with Gasteiger partial charge in [0.05, 0.1) is 12.1 Å². The van der Waals surface area contributed by atoms with Crippen LogP contribution < -0.4 is 5.32 Å². The number of ether oxygens (including phenoxy) is 1. The molecule has 0 aliphatic heterocycles. The summed E-state index contributed by atoms with van der Waals surface area (Å²) in [6, 6.07) is 3.20. The number of carbonyl (C=O) groups excluding carboxylic acids is 1. The monoisotopic (exact) mass is 302 g/mol. The molecule has 1 atom stereocenters. The lowest BCUT2D eigenvalue weighted by Crippen LogP contribution is -2.37. The number of carboxylic acids is 1. The van der Waals surface area contributed by atoms with Gasteiger partial charge in [-0.05, 0) is 28.1 Å². The Morgan fingerprint density at radius 3 is 2.76 bits per heavy atom. The number of hydrogen-bond acceptors (Lipinski definition) is 4. The summed E-state index contributed by atoms with van der Waals surface area (Å²) in [6.45, 7) is -0.0965. The zero-order chi connectivity index (χ0) is 12.8. The second-order valence-corrected chi connectivity index (χ2v) is 3.95. The molecule has 1 amide bonds. The number of carbonyl (C=O) groups is 2. The van der Waals surface area contributed by atoms with Crippen molar-refractivity contribution in [1.82, 2.24) is 10.3 Å². The predicted molar refractivity (Wildman–Crippen MR) is 62.7 cm³/mol. The molecule has 0 aliphatic carbocycles. The number of nitrogens with zero attached hydrogens (tertiary/aromatic N) is 1. The van der Waals surface area contributed by atoms with Gasteiger partial charge in [0.1, 0.15) is 4.60 Å². The van der Waals surface area contributed by atoms with E-state index in [9.17, 15) is 9.59 Å². The third-order valence-electron chi connectivity index (χ3n) is 2.00. The third-order valence-corrected chi connectivity index (χ3v) is 2.47. The van der Waals surface area contributed by atoms with Crippen LogP contribution in [0.25, 0.3) is 0 Å². The Hall–Kier alpha value is -1.47. The highest BCUT2D eigenvalue weighted by Crippen LogP contribution is 2.06. The summed E-state index contributed by atoms with van der Waals surface area (Å²) in [5.41, 5.74) is 0.355. The zero-order valence-corrected chi connectivity index (χ0v) is 10.6. The Kier molecular flexibility index (Phi) is 5.05. The molecule has 17 heavy (non-hydrogen) atoms. The molecule has 0 saturated heterocycles. The first-order chi connectivity index (χ1) is 8.04. The van der Waals surface area contributed by atoms with Gasteiger partial charge in [-0.25, -0.2) is 9.78 Å². The number of amides is 1. The largest absolute Gasteiger partial charge is 0.479 e. The lowest BCUT2D eigenvalue weighted by Gasteiger charge is -2.11. The SMILES string of the molecule is COC(CNC(=O)c1ccc(Br)nc1)C(=O)O. The lowest BCUT2D eigenvalue weighted by molar-refractivity contribution is -0.148. The number of halogens is 1. The molecule has 1 aromatic rings. The van der Waals surface area contributed by atoms with E-state index in [1.54, 1.807) is 12.1 Å². The summed E-state index contributed by atoms with van der Waals surface area (Å²) >= 11 is 3.15. The minimum Gasteiger partial charge on any atom is -0.479 e. The Morgan fingerprint density at radius 1 is 1.59 bits per heavy atom. The van der Waals surface area contributed by atoms with Crippen LogP contribution in [0.3, 0.4) is 0 Å². The molecule has 0 radical (unpaired) electrons. The van der Waals surface area contributed by atoms with Gasteiger partial charge in [0.15, 0.2) is 6.10 Å². The quantitative estimate of drug-likeness (QED) is 0.781. The second kappa shape index (κ2) is 6.31. The summed E-state index contributed by atoms with van der Waals surface area (Å²) in [7, 11) is 1.27. The minimum atomic E-state index is -1.12. The van der Waals surface area contributed by atoms with E-state index < -0.39 is 18.0 Å². The van der Waals surface area contributed by atoms with Crippen molar-refractivity contribution in [3.8, 4) is 0 Å². The number of aliphatic carboxylic acids is 1. The number of aromatic nitrogens is 1. The number of carboxylic acid groups (broad SMARTS) is 1. The average molecular weight is 303 g/mol. The fourth-order valence-electron chi connectivity index (χ4n) is 1.07. The van der Waals surface area contributed by atoms with Crippen molar-refractivity contribution >= 4 is 27.8 Å². The van der Waals surface area contributed by atoms with Gasteiger partial charge in [-0.1, -0.05) is 0 Å². The highest BCUT2D eigenvalue weighted by Gasteiger charge is 2.17. The molecule has 0 bridgehead atoms. The van der Waals surface area contributed by atoms with E-state index in [1.165, 1.54) is 13.3 Å². The number of rotatable bonds is 5. The highest BCUT2D eigenvalue weighted by molar-refractivity contribution is 9.10. The first-order valence-electron chi connectivity index (χ1n) is 4.70. The number of nitrogens with one attached hydrogen (secondary N) is 1. The van der Waals surface area contributed by atoms with Gasteiger partial charge >= 0.3 is 5.97 Å². The molecule has 7 heteroatoms. The lowest BCUT2D eigenvalue weighted by atomic mass is 10.2. The fraction of sp³-hybridized carbons (Fsp3) is 0.300. The van der Waals surface area contributed by atoms with E-state index in [1.807, 2.05) is 0 Å². The standard InChI is InChI=1S/C10H11BrN2O4/c1-17-7(10(15)16)5-13-9(14)6-2-3-8(11)12-4-6/h2-4,7H,5H2,1H3,(H,13,14)(H,15,16). The van der Waals surface area contributed by atoms with Crippen LogP contribution in [0, 0.1) is 0 Å². The van der Waals surface area contributed by atoms with Gasteiger partial charge in [-0.3, -0.25) is 4.79 Å². The highest BCUT2D eigenvalue weighted by atomic mass is 79.9. The molecule has 0 aromatic carbocycles. The Balaban J connectivity index is 2.55. The maximum atomic E-state index is 11.6. The molecule has 2 N–H and O–H groups in total. The summed E-state index contributed by atoms with van der Waals surface area (Å²) < 4.78 is 5.30. The number of methoxy groups -OCH3 is 1. The van der Waals surface area contributed by atoms with Crippen LogP contribution in [-0.4, -0.2) is 41.7 Å². The molecule has 0 aliphatic rings. The van der Waals surface area contributed by atoms with Crippen molar-refractivity contribution in [2.75, 3.05) is 13.7 Å². The molecule has 1 unspecified atom stereocenters. The van der Waals surface area contributed by atoms with Crippen molar-refractivity contribution in [1.29, 1.82) is 0 Å². The van der Waals surface area contributed by atoms with Crippen molar-refractivity contribution in [3.63, 3.8) is 0 Å². The fourth-order valence-corrected chi connectivity index (χ4v) is 1.30. The van der Waals surface area contributed by atoms with E-state index in [0.717, 1.165) is 0 Å². The van der Waals surface area contributed by atoms with Gasteiger partial charge < -0.3 is 15.2 Å². The van der Waals surface area contributed by atoms with Gasteiger partial charge in [-0.15, -0.1) is 0 Å². The molecule has 0 fully saturated rings. The predicted octanol–water partition coefficient (Wildman–Crippen LogP) is 0.673. The molecular weight excluding hydrogens is 292 g/mol. The molecular formula is C10H11BrN2O4. The smallest absolute Gasteiger partial charge is 0.334 e. The molecule has 0 spiro atoms. The molecule has 1 heterocycles. The van der Waals surface area contributed by atoms with Crippen LogP contribution >= 0.6 is 15.9 Å². The van der Waals surface area contributed by atoms with Crippen molar-refractivity contribution in [2.45, 2.75) is 6.10 Å². The summed E-state index contributed by atoms with van der Waals surface area (Å²) in [6.07, 6.45) is 0.337. The number of pyridine rings is 1. The summed E-state index contributed by atoms with van der Waals surface area (Å²) in [5.74, 6) is -1.52. The maximum absolute atomic E-state index is 11.6. The van der Waals surface area contributed by atoms with Gasteiger partial charge in [0, 0.05) is 13.3 Å². The number of hydrogen-bond donors (Lipinski definition) is 2. The van der Waals surface area contributed by atoms with Crippen LogP contribution in [0.5, 0.6) is 0 Å². The second-order valence-electron chi connectivity index (χ2n) is 3.14. The van der Waals surface area contributed by atoms with Gasteiger partial charge in [-0.2, -0.15) is 0 Å². The van der Waals surface area contributed by atoms with Crippen LogP contribution in [0.15, 0.2) is 22.9 Å². The van der Waals surface area contributed by atoms with E-state index in [-0.39, 0.29) is 6.54 Å². The first kappa shape index (κ1) is 13.6. The summed E-state index contributed by atoms with van der Waals surface area (Å²) in [4.78, 5) is 26.1. The normalized spacial score (nSPS) is 11.9. The maximum Gasteiger partial charge on any atom is 0.334 e. The first-order valence-corrected chi connectivity index (χ1v) is 5.49. The zero-order valence-electron chi connectivity index (χ0n) is 9.01. The van der Waals surface area contributed by atoms with Gasteiger partial charge in [0.25, 0.3) is 5.91 Å². The van der Waals surface area contributed by atoms with Crippen LogP contribution in [0.2, 0.25) is 0 Å². The molecule has 92 valence electrons. The van der Waals surface area contributed by atoms with Crippen molar-refractivity contribution < 1.29 is 19.4 Å². The van der Waals surface area contributed by atoms with E-state index in [4.69, 9.17) is 5.11 Å². The molecule has 0 saturated carbocycles. The molecule has 6 nitrogen and oxygen atoms in total. The Bertz CT molecular complexity index is 407.